The summed E-state index contributed by atoms with van der Waals surface area (Å²) in [4.78, 5) is 2.48. The van der Waals surface area contributed by atoms with Crippen molar-refractivity contribution >= 4 is 5.69 Å². The van der Waals surface area contributed by atoms with Crippen LogP contribution in [0.25, 0.3) is 0 Å². The molecule has 1 unspecified atom stereocenters. The van der Waals surface area contributed by atoms with Crippen LogP contribution in [0.5, 0.6) is 0 Å². The Balaban J connectivity index is 1.97. The fourth-order valence-electron chi connectivity index (χ4n) is 3.15. The quantitative estimate of drug-likeness (QED) is 0.884. The molecule has 0 radical (unpaired) electrons. The summed E-state index contributed by atoms with van der Waals surface area (Å²) in [7, 11) is 0. The standard InChI is InChI=1S/C18H29NO/c1-5-17(20)14-6-8-16(9-7-14)19-12-10-15(11-13-19)18(2,3)4/h6-9,15,17,20H,5,10-13H2,1-4H3. The van der Waals surface area contributed by atoms with Gasteiger partial charge in [0.15, 0.2) is 0 Å². The Bertz CT molecular complexity index is 410. The van der Waals surface area contributed by atoms with Crippen LogP contribution in [0.4, 0.5) is 5.69 Å². The summed E-state index contributed by atoms with van der Waals surface area (Å²) in [6.45, 7) is 11.4. The number of rotatable bonds is 3. The lowest BCUT2D eigenvalue weighted by atomic mass is 9.75. The van der Waals surface area contributed by atoms with Crippen LogP contribution < -0.4 is 4.90 Å². The molecule has 1 aliphatic heterocycles. The molecule has 0 amide bonds. The molecular weight excluding hydrogens is 246 g/mol. The average molecular weight is 275 g/mol. The minimum atomic E-state index is -0.323. The van der Waals surface area contributed by atoms with Gasteiger partial charge >= 0.3 is 0 Å². The monoisotopic (exact) mass is 275 g/mol. The van der Waals surface area contributed by atoms with Gasteiger partial charge in [-0.2, -0.15) is 0 Å². The number of hydrogen-bond donors (Lipinski definition) is 1. The summed E-state index contributed by atoms with van der Waals surface area (Å²) in [5, 5.41) is 9.84. The third-order valence-corrected chi connectivity index (χ3v) is 4.75. The second-order valence-electron chi connectivity index (χ2n) is 7.14. The molecule has 20 heavy (non-hydrogen) atoms. The van der Waals surface area contributed by atoms with Crippen molar-refractivity contribution in [2.45, 2.75) is 53.1 Å². The topological polar surface area (TPSA) is 23.5 Å². The number of benzene rings is 1. The van der Waals surface area contributed by atoms with Gasteiger partial charge in [-0.25, -0.2) is 0 Å². The Hall–Kier alpha value is -1.02. The van der Waals surface area contributed by atoms with Gasteiger partial charge in [-0.3, -0.25) is 0 Å². The molecule has 1 aromatic carbocycles. The van der Waals surface area contributed by atoms with Crippen molar-refractivity contribution in [1.82, 2.24) is 0 Å². The zero-order chi connectivity index (χ0) is 14.8. The number of nitrogens with zero attached hydrogens (tertiary/aromatic N) is 1. The van der Waals surface area contributed by atoms with E-state index < -0.39 is 0 Å². The van der Waals surface area contributed by atoms with Gasteiger partial charge in [0.05, 0.1) is 6.10 Å². The molecule has 0 bridgehead atoms. The van der Waals surface area contributed by atoms with E-state index in [2.05, 4.69) is 49.9 Å². The first-order valence-electron chi connectivity index (χ1n) is 7.94. The highest BCUT2D eigenvalue weighted by atomic mass is 16.3. The second kappa shape index (κ2) is 6.17. The Kier molecular flexibility index (Phi) is 4.74. The summed E-state index contributed by atoms with van der Waals surface area (Å²) in [6, 6.07) is 8.45. The maximum Gasteiger partial charge on any atom is 0.0787 e. The summed E-state index contributed by atoms with van der Waals surface area (Å²) >= 11 is 0. The highest BCUT2D eigenvalue weighted by molar-refractivity contribution is 5.48. The lowest BCUT2D eigenvalue weighted by Crippen LogP contribution is -2.38. The largest absolute Gasteiger partial charge is 0.388 e. The average Bonchev–Trinajstić information content (AvgIpc) is 2.46. The van der Waals surface area contributed by atoms with Gasteiger partial charge in [0, 0.05) is 18.8 Å². The van der Waals surface area contributed by atoms with E-state index in [0.29, 0.717) is 5.41 Å². The maximum absolute atomic E-state index is 9.84. The first kappa shape index (κ1) is 15.4. The van der Waals surface area contributed by atoms with E-state index in [0.717, 1.165) is 31.0 Å². The Labute approximate surface area is 123 Å². The normalized spacial score (nSPS) is 19.1. The van der Waals surface area contributed by atoms with Crippen molar-refractivity contribution in [1.29, 1.82) is 0 Å². The summed E-state index contributed by atoms with van der Waals surface area (Å²) in [5.74, 6) is 0.833. The van der Waals surface area contributed by atoms with E-state index in [-0.39, 0.29) is 6.10 Å². The molecule has 1 fully saturated rings. The molecule has 1 atom stereocenters. The fraction of sp³-hybridized carbons (Fsp3) is 0.667. The molecule has 2 nitrogen and oxygen atoms in total. The zero-order valence-corrected chi connectivity index (χ0v) is 13.4. The van der Waals surface area contributed by atoms with Gasteiger partial charge in [0.2, 0.25) is 0 Å². The van der Waals surface area contributed by atoms with Crippen molar-refractivity contribution in [3.05, 3.63) is 29.8 Å². The fourth-order valence-corrected chi connectivity index (χ4v) is 3.15. The van der Waals surface area contributed by atoms with Gasteiger partial charge in [-0.1, -0.05) is 39.8 Å². The molecule has 0 saturated carbocycles. The van der Waals surface area contributed by atoms with Crippen LogP contribution in [0, 0.1) is 11.3 Å². The van der Waals surface area contributed by atoms with Crippen molar-refractivity contribution in [3.8, 4) is 0 Å². The molecule has 112 valence electrons. The van der Waals surface area contributed by atoms with Crippen LogP contribution in [0.3, 0.4) is 0 Å². The van der Waals surface area contributed by atoms with Crippen LogP contribution in [0.15, 0.2) is 24.3 Å². The van der Waals surface area contributed by atoms with E-state index in [1.807, 2.05) is 6.92 Å². The highest BCUT2D eigenvalue weighted by Gasteiger charge is 2.28. The predicted molar refractivity (Wildman–Crippen MR) is 86.1 cm³/mol. The maximum atomic E-state index is 9.84. The molecular formula is C18H29NO. The summed E-state index contributed by atoms with van der Waals surface area (Å²) in [6.07, 6.45) is 3.01. The van der Waals surface area contributed by atoms with E-state index in [1.165, 1.54) is 18.5 Å². The molecule has 2 heteroatoms. The van der Waals surface area contributed by atoms with Crippen molar-refractivity contribution in [3.63, 3.8) is 0 Å². The van der Waals surface area contributed by atoms with E-state index in [1.54, 1.807) is 0 Å². The minimum Gasteiger partial charge on any atom is -0.388 e. The molecule has 1 aromatic rings. The van der Waals surface area contributed by atoms with E-state index in [4.69, 9.17) is 0 Å². The molecule has 1 N–H and O–H groups in total. The Morgan fingerprint density at radius 2 is 1.70 bits per heavy atom. The summed E-state index contributed by atoms with van der Waals surface area (Å²) in [5.41, 5.74) is 2.76. The third-order valence-electron chi connectivity index (χ3n) is 4.75. The number of piperidine rings is 1. The lowest BCUT2D eigenvalue weighted by Gasteiger charge is -2.39. The molecule has 0 aromatic heterocycles. The van der Waals surface area contributed by atoms with Crippen molar-refractivity contribution < 1.29 is 5.11 Å². The predicted octanol–water partition coefficient (Wildman–Crippen LogP) is 4.39. The van der Waals surface area contributed by atoms with E-state index >= 15 is 0 Å². The smallest absolute Gasteiger partial charge is 0.0787 e. The van der Waals surface area contributed by atoms with Gasteiger partial charge in [0.1, 0.15) is 0 Å². The van der Waals surface area contributed by atoms with Crippen LogP contribution in [-0.4, -0.2) is 18.2 Å². The highest BCUT2D eigenvalue weighted by Crippen LogP contribution is 2.35. The second-order valence-corrected chi connectivity index (χ2v) is 7.14. The SMILES string of the molecule is CCC(O)c1ccc(N2CCC(C(C)(C)C)CC2)cc1. The zero-order valence-electron chi connectivity index (χ0n) is 13.4. The molecule has 1 heterocycles. The molecule has 2 rings (SSSR count). The van der Waals surface area contributed by atoms with Crippen LogP contribution in [0.2, 0.25) is 0 Å². The third kappa shape index (κ3) is 3.54. The van der Waals surface area contributed by atoms with Gasteiger partial charge in [-0.05, 0) is 48.3 Å². The van der Waals surface area contributed by atoms with Crippen LogP contribution in [0.1, 0.15) is 58.6 Å². The van der Waals surface area contributed by atoms with Crippen LogP contribution in [-0.2, 0) is 0 Å². The molecule has 0 spiro atoms. The number of aliphatic hydroxyl groups excluding tert-OH is 1. The number of anilines is 1. The van der Waals surface area contributed by atoms with Crippen molar-refractivity contribution in [2.24, 2.45) is 11.3 Å². The van der Waals surface area contributed by atoms with Gasteiger partial charge < -0.3 is 10.0 Å². The minimum absolute atomic E-state index is 0.323. The van der Waals surface area contributed by atoms with Gasteiger partial charge in [-0.15, -0.1) is 0 Å². The summed E-state index contributed by atoms with van der Waals surface area (Å²) < 4.78 is 0. The lowest BCUT2D eigenvalue weighted by molar-refractivity contribution is 0.173. The molecule has 1 aliphatic rings. The molecule has 0 aliphatic carbocycles. The first-order valence-corrected chi connectivity index (χ1v) is 7.94. The number of aliphatic hydroxyl groups is 1. The van der Waals surface area contributed by atoms with Crippen LogP contribution >= 0.6 is 0 Å². The first-order chi connectivity index (χ1) is 9.41. The van der Waals surface area contributed by atoms with Gasteiger partial charge in [0.25, 0.3) is 0 Å². The number of hydrogen-bond acceptors (Lipinski definition) is 2. The molecule has 1 saturated heterocycles. The van der Waals surface area contributed by atoms with E-state index in [9.17, 15) is 5.11 Å². The van der Waals surface area contributed by atoms with Crippen molar-refractivity contribution in [2.75, 3.05) is 18.0 Å². The Morgan fingerprint density at radius 3 is 2.15 bits per heavy atom. The Morgan fingerprint density at radius 1 is 1.15 bits per heavy atom.